The highest BCUT2D eigenvalue weighted by Crippen LogP contribution is 2.30. The lowest BCUT2D eigenvalue weighted by Gasteiger charge is -2.12. The van der Waals surface area contributed by atoms with Gasteiger partial charge in [-0.05, 0) is 31.4 Å². The van der Waals surface area contributed by atoms with Crippen molar-refractivity contribution in [3.05, 3.63) is 4.88 Å². The predicted octanol–water partition coefficient (Wildman–Crippen LogP) is 1.95. The summed E-state index contributed by atoms with van der Waals surface area (Å²) in [7, 11) is 0. The van der Waals surface area contributed by atoms with Gasteiger partial charge in [0.25, 0.3) is 5.91 Å². The third-order valence-electron chi connectivity index (χ3n) is 3.74. The summed E-state index contributed by atoms with van der Waals surface area (Å²) in [6.07, 6.45) is 4.84. The molecule has 0 bridgehead atoms. The van der Waals surface area contributed by atoms with Gasteiger partial charge in [0.1, 0.15) is 10.7 Å². The number of aromatic nitrogens is 1. The van der Waals surface area contributed by atoms with Crippen LogP contribution in [0.5, 0.6) is 0 Å². The van der Waals surface area contributed by atoms with Crippen LogP contribution in [0.3, 0.4) is 0 Å². The minimum absolute atomic E-state index is 0.0713. The number of nitrogens with one attached hydrogen (secondary N) is 1. The molecule has 2 saturated heterocycles. The summed E-state index contributed by atoms with van der Waals surface area (Å²) in [5.41, 5.74) is 5.90. The molecule has 3 rings (SSSR count). The summed E-state index contributed by atoms with van der Waals surface area (Å²) in [6, 6.07) is 0. The number of nitrogens with two attached hydrogens (primary N) is 1. The molecule has 1 aromatic rings. The number of carbonyl (C=O) groups is 1. The van der Waals surface area contributed by atoms with E-state index >= 15 is 0 Å². The van der Waals surface area contributed by atoms with E-state index in [2.05, 4.69) is 15.2 Å². The second-order valence-corrected chi connectivity index (χ2v) is 7.64. The van der Waals surface area contributed by atoms with E-state index in [0.717, 1.165) is 24.8 Å². The summed E-state index contributed by atoms with van der Waals surface area (Å²) in [6.45, 7) is 2.78. The molecule has 2 fully saturated rings. The highest BCUT2D eigenvalue weighted by atomic mass is 32.2. The number of thiazole rings is 1. The quantitative estimate of drug-likeness (QED) is 0.889. The first kappa shape index (κ1) is 14.0. The van der Waals surface area contributed by atoms with Crippen LogP contribution < -0.4 is 16.0 Å². The monoisotopic (exact) mass is 312 g/mol. The van der Waals surface area contributed by atoms with Gasteiger partial charge in [-0.2, -0.15) is 11.8 Å². The van der Waals surface area contributed by atoms with Crippen LogP contribution >= 0.6 is 23.1 Å². The maximum atomic E-state index is 12.2. The Morgan fingerprint density at radius 1 is 1.40 bits per heavy atom. The third-order valence-corrected chi connectivity index (χ3v) is 6.27. The van der Waals surface area contributed by atoms with Crippen molar-refractivity contribution in [2.24, 2.45) is 0 Å². The molecule has 1 unspecified atom stereocenters. The summed E-state index contributed by atoms with van der Waals surface area (Å²) < 4.78 is 0. The number of hydrogen-bond acceptors (Lipinski definition) is 6. The molecule has 110 valence electrons. The Bertz CT molecular complexity index is 479. The Balaban J connectivity index is 1.61. The van der Waals surface area contributed by atoms with Crippen molar-refractivity contribution in [2.75, 3.05) is 36.0 Å². The van der Waals surface area contributed by atoms with E-state index < -0.39 is 0 Å². The van der Waals surface area contributed by atoms with Crippen molar-refractivity contribution < 1.29 is 4.79 Å². The number of carbonyl (C=O) groups excluding carboxylic acids is 1. The molecule has 2 aliphatic rings. The van der Waals surface area contributed by atoms with Gasteiger partial charge in [-0.1, -0.05) is 11.3 Å². The molecule has 3 N–H and O–H groups in total. The van der Waals surface area contributed by atoms with Crippen molar-refractivity contribution in [3.63, 3.8) is 0 Å². The first-order valence-electron chi connectivity index (χ1n) is 7.15. The molecule has 1 amide bonds. The largest absolute Gasteiger partial charge is 0.382 e. The zero-order valence-corrected chi connectivity index (χ0v) is 13.1. The molecule has 3 heterocycles. The van der Waals surface area contributed by atoms with Gasteiger partial charge in [0.15, 0.2) is 5.13 Å². The SMILES string of the molecule is Nc1nc(N2CCCC2)sc1C(=O)NCC1CCCS1. The van der Waals surface area contributed by atoms with Gasteiger partial charge in [-0.3, -0.25) is 4.79 Å². The second-order valence-electron chi connectivity index (χ2n) is 5.25. The van der Waals surface area contributed by atoms with Gasteiger partial charge < -0.3 is 16.0 Å². The Morgan fingerprint density at radius 3 is 2.90 bits per heavy atom. The van der Waals surface area contributed by atoms with E-state index in [1.165, 1.54) is 42.8 Å². The lowest BCUT2D eigenvalue weighted by atomic mass is 10.2. The average molecular weight is 312 g/mol. The average Bonchev–Trinajstić information content (AvgIpc) is 3.17. The van der Waals surface area contributed by atoms with Crippen LogP contribution in [-0.4, -0.2) is 41.5 Å². The van der Waals surface area contributed by atoms with Gasteiger partial charge in [-0.15, -0.1) is 0 Å². The summed E-state index contributed by atoms with van der Waals surface area (Å²) in [5, 5.41) is 4.45. The van der Waals surface area contributed by atoms with Crippen LogP contribution in [-0.2, 0) is 0 Å². The zero-order chi connectivity index (χ0) is 13.9. The standard InChI is InChI=1S/C13H20N4OS2/c14-11-10(12(18)15-8-9-4-3-7-19-9)20-13(16-11)17-5-1-2-6-17/h9H,1-8,14H2,(H,15,18). The molecule has 0 spiro atoms. The highest BCUT2D eigenvalue weighted by molar-refractivity contribution is 8.00. The van der Waals surface area contributed by atoms with Crippen LogP contribution in [0.4, 0.5) is 10.9 Å². The Hall–Kier alpha value is -0.950. The van der Waals surface area contributed by atoms with Gasteiger partial charge in [-0.25, -0.2) is 4.98 Å². The van der Waals surface area contributed by atoms with Crippen molar-refractivity contribution >= 4 is 40.0 Å². The molecule has 2 aliphatic heterocycles. The van der Waals surface area contributed by atoms with E-state index in [1.807, 2.05) is 11.8 Å². The van der Waals surface area contributed by atoms with Crippen LogP contribution in [0, 0.1) is 0 Å². The van der Waals surface area contributed by atoms with Gasteiger partial charge >= 0.3 is 0 Å². The summed E-state index contributed by atoms with van der Waals surface area (Å²) in [5.74, 6) is 1.51. The van der Waals surface area contributed by atoms with Gasteiger partial charge in [0, 0.05) is 24.9 Å². The maximum absolute atomic E-state index is 12.2. The molecule has 0 radical (unpaired) electrons. The smallest absolute Gasteiger partial charge is 0.265 e. The van der Waals surface area contributed by atoms with Crippen LogP contribution in [0.15, 0.2) is 0 Å². The molecule has 1 aromatic heterocycles. The molecular weight excluding hydrogens is 292 g/mol. The first-order chi connectivity index (χ1) is 9.74. The summed E-state index contributed by atoms with van der Waals surface area (Å²) >= 11 is 3.36. The topological polar surface area (TPSA) is 71.2 Å². The minimum atomic E-state index is -0.0713. The minimum Gasteiger partial charge on any atom is -0.382 e. The lowest BCUT2D eigenvalue weighted by Crippen LogP contribution is -2.29. The molecule has 7 heteroatoms. The predicted molar refractivity (Wildman–Crippen MR) is 85.8 cm³/mol. The van der Waals surface area contributed by atoms with Gasteiger partial charge in [0.2, 0.25) is 0 Å². The maximum Gasteiger partial charge on any atom is 0.265 e. The highest BCUT2D eigenvalue weighted by Gasteiger charge is 2.22. The number of nitrogen functional groups attached to an aromatic ring is 1. The van der Waals surface area contributed by atoms with Crippen molar-refractivity contribution in [1.29, 1.82) is 0 Å². The molecular formula is C13H20N4OS2. The molecule has 5 nitrogen and oxygen atoms in total. The number of nitrogens with zero attached hydrogens (tertiary/aromatic N) is 2. The van der Waals surface area contributed by atoms with Crippen molar-refractivity contribution in [1.82, 2.24) is 10.3 Å². The molecule has 0 aliphatic carbocycles. The Labute approximate surface area is 127 Å². The molecule has 0 saturated carbocycles. The van der Waals surface area contributed by atoms with Crippen LogP contribution in [0.2, 0.25) is 0 Å². The molecule has 0 aromatic carbocycles. The Morgan fingerprint density at radius 2 is 2.20 bits per heavy atom. The van der Waals surface area contributed by atoms with E-state index in [4.69, 9.17) is 5.73 Å². The summed E-state index contributed by atoms with van der Waals surface area (Å²) in [4.78, 5) is 19.3. The number of thioether (sulfide) groups is 1. The van der Waals surface area contributed by atoms with Gasteiger partial charge in [0.05, 0.1) is 0 Å². The van der Waals surface area contributed by atoms with E-state index in [9.17, 15) is 4.79 Å². The first-order valence-corrected chi connectivity index (χ1v) is 9.01. The number of anilines is 2. The van der Waals surface area contributed by atoms with Crippen molar-refractivity contribution in [2.45, 2.75) is 30.9 Å². The number of amides is 1. The molecule has 20 heavy (non-hydrogen) atoms. The number of rotatable bonds is 4. The van der Waals surface area contributed by atoms with Crippen LogP contribution in [0.25, 0.3) is 0 Å². The fourth-order valence-electron chi connectivity index (χ4n) is 2.62. The fraction of sp³-hybridized carbons (Fsp3) is 0.692. The second kappa shape index (κ2) is 6.22. The van der Waals surface area contributed by atoms with Crippen LogP contribution in [0.1, 0.15) is 35.4 Å². The third kappa shape index (κ3) is 3.03. The number of hydrogen-bond donors (Lipinski definition) is 2. The van der Waals surface area contributed by atoms with E-state index in [1.54, 1.807) is 0 Å². The van der Waals surface area contributed by atoms with E-state index in [-0.39, 0.29) is 5.91 Å². The normalized spacial score (nSPS) is 22.4. The van der Waals surface area contributed by atoms with Crippen molar-refractivity contribution in [3.8, 4) is 0 Å². The fourth-order valence-corrected chi connectivity index (χ4v) is 4.77. The lowest BCUT2D eigenvalue weighted by molar-refractivity contribution is 0.0958. The zero-order valence-electron chi connectivity index (χ0n) is 11.4. The Kier molecular flexibility index (Phi) is 4.35. The van der Waals surface area contributed by atoms with E-state index in [0.29, 0.717) is 15.9 Å². The molecule has 1 atom stereocenters.